The van der Waals surface area contributed by atoms with Crippen molar-refractivity contribution in [3.05, 3.63) is 30.1 Å². The smallest absolute Gasteiger partial charge is 0.123 e. The van der Waals surface area contributed by atoms with Crippen LogP contribution in [0.4, 0.5) is 4.39 Å². The minimum atomic E-state index is -0.148. The van der Waals surface area contributed by atoms with Gasteiger partial charge in [-0.05, 0) is 36.4 Å². The maximum atomic E-state index is 12.7. The van der Waals surface area contributed by atoms with Crippen LogP contribution in [0, 0.1) is 5.82 Å². The van der Waals surface area contributed by atoms with Crippen LogP contribution in [0.3, 0.4) is 0 Å². The quantitative estimate of drug-likeness (QED) is 0.404. The van der Waals surface area contributed by atoms with Gasteiger partial charge in [-0.3, -0.25) is 0 Å². The summed E-state index contributed by atoms with van der Waals surface area (Å²) in [5.74, 6) is 1.00. The van der Waals surface area contributed by atoms with Crippen molar-refractivity contribution in [2.45, 2.75) is 56.8 Å². The number of hydrogen-bond donors (Lipinski definition) is 0. The summed E-state index contributed by atoms with van der Waals surface area (Å²) in [4.78, 5) is 1.18. The highest BCUT2D eigenvalue weighted by Crippen LogP contribution is 2.20. The van der Waals surface area contributed by atoms with Crippen molar-refractivity contribution in [2.24, 2.45) is 0 Å². The lowest BCUT2D eigenvalue weighted by Crippen LogP contribution is -1.83. The summed E-state index contributed by atoms with van der Waals surface area (Å²) in [6.07, 6.45) is 9.44. The van der Waals surface area contributed by atoms with Gasteiger partial charge in [0.15, 0.2) is 0 Å². The van der Waals surface area contributed by atoms with Crippen molar-refractivity contribution >= 4 is 11.8 Å². The van der Waals surface area contributed by atoms with Crippen molar-refractivity contribution in [1.82, 2.24) is 0 Å². The van der Waals surface area contributed by atoms with E-state index in [-0.39, 0.29) is 5.82 Å². The molecule has 17 heavy (non-hydrogen) atoms. The van der Waals surface area contributed by atoms with E-state index in [2.05, 4.69) is 6.92 Å². The zero-order valence-corrected chi connectivity index (χ0v) is 11.6. The topological polar surface area (TPSA) is 0 Å². The molecule has 0 nitrogen and oxygen atoms in total. The summed E-state index contributed by atoms with van der Waals surface area (Å²) < 4.78 is 12.7. The first kappa shape index (κ1) is 14.6. The fourth-order valence-electron chi connectivity index (χ4n) is 1.78. The number of halogens is 1. The van der Waals surface area contributed by atoms with Gasteiger partial charge in [0.1, 0.15) is 5.82 Å². The predicted octanol–water partition coefficient (Wildman–Crippen LogP) is 5.67. The van der Waals surface area contributed by atoms with E-state index >= 15 is 0 Å². The largest absolute Gasteiger partial charge is 0.207 e. The second-order valence-corrected chi connectivity index (χ2v) is 5.59. The van der Waals surface area contributed by atoms with Crippen molar-refractivity contribution in [3.8, 4) is 0 Å². The Labute approximate surface area is 109 Å². The molecule has 0 aliphatic rings. The normalized spacial score (nSPS) is 10.7. The van der Waals surface area contributed by atoms with Gasteiger partial charge in [0, 0.05) is 4.90 Å². The zero-order valence-electron chi connectivity index (χ0n) is 10.8. The molecule has 0 atom stereocenters. The monoisotopic (exact) mass is 254 g/mol. The zero-order chi connectivity index (χ0) is 12.3. The first-order valence-electron chi connectivity index (χ1n) is 6.71. The van der Waals surface area contributed by atoms with Gasteiger partial charge in [0.05, 0.1) is 0 Å². The molecular formula is C15H23FS. The number of thioether (sulfide) groups is 1. The van der Waals surface area contributed by atoms with Crippen LogP contribution in [0.1, 0.15) is 51.9 Å². The highest BCUT2D eigenvalue weighted by Gasteiger charge is 1.95. The van der Waals surface area contributed by atoms with Gasteiger partial charge in [0.2, 0.25) is 0 Å². The first-order chi connectivity index (χ1) is 8.33. The number of rotatable bonds is 9. The molecule has 1 rings (SSSR count). The molecule has 0 saturated heterocycles. The fraction of sp³-hybridized carbons (Fsp3) is 0.600. The van der Waals surface area contributed by atoms with Crippen molar-refractivity contribution in [3.63, 3.8) is 0 Å². The molecular weight excluding hydrogens is 231 g/mol. The third-order valence-corrected chi connectivity index (χ3v) is 3.93. The van der Waals surface area contributed by atoms with E-state index in [0.717, 1.165) is 5.75 Å². The van der Waals surface area contributed by atoms with E-state index in [1.165, 1.54) is 62.0 Å². The Balaban J connectivity index is 1.95. The van der Waals surface area contributed by atoms with E-state index in [0.29, 0.717) is 0 Å². The molecule has 1 aromatic carbocycles. The Hall–Kier alpha value is -0.500. The molecule has 2 heteroatoms. The van der Waals surface area contributed by atoms with Gasteiger partial charge in [-0.1, -0.05) is 45.4 Å². The summed E-state index contributed by atoms with van der Waals surface area (Å²) in [6.45, 7) is 2.25. The summed E-state index contributed by atoms with van der Waals surface area (Å²) in [6, 6.07) is 6.79. The van der Waals surface area contributed by atoms with Gasteiger partial charge in [-0.25, -0.2) is 4.39 Å². The lowest BCUT2D eigenvalue weighted by molar-refractivity contribution is 0.603. The molecule has 0 fully saturated rings. The van der Waals surface area contributed by atoms with Gasteiger partial charge in [0.25, 0.3) is 0 Å². The molecule has 0 unspecified atom stereocenters. The molecule has 1 aromatic rings. The molecule has 0 heterocycles. The van der Waals surface area contributed by atoms with Crippen LogP contribution >= 0.6 is 11.8 Å². The Morgan fingerprint density at radius 3 is 2.12 bits per heavy atom. The molecule has 0 bridgehead atoms. The van der Waals surface area contributed by atoms with E-state index in [1.807, 2.05) is 23.9 Å². The average molecular weight is 254 g/mol. The summed E-state index contributed by atoms with van der Waals surface area (Å²) in [5.41, 5.74) is 0. The van der Waals surface area contributed by atoms with Gasteiger partial charge in [-0.2, -0.15) is 0 Å². The minimum absolute atomic E-state index is 0.148. The third kappa shape index (κ3) is 7.43. The SMILES string of the molecule is CCCCCCCCCSc1ccc(F)cc1. The Kier molecular flexibility index (Phi) is 8.16. The molecule has 0 radical (unpaired) electrons. The van der Waals surface area contributed by atoms with Crippen LogP contribution in [-0.4, -0.2) is 5.75 Å². The Bertz CT molecular complexity index is 281. The molecule has 0 spiro atoms. The lowest BCUT2D eigenvalue weighted by atomic mass is 10.1. The molecule has 0 aromatic heterocycles. The van der Waals surface area contributed by atoms with Gasteiger partial charge < -0.3 is 0 Å². The van der Waals surface area contributed by atoms with E-state index < -0.39 is 0 Å². The van der Waals surface area contributed by atoms with E-state index in [9.17, 15) is 4.39 Å². The third-order valence-electron chi connectivity index (χ3n) is 2.83. The maximum Gasteiger partial charge on any atom is 0.123 e. The minimum Gasteiger partial charge on any atom is -0.207 e. The molecule has 0 aliphatic heterocycles. The predicted molar refractivity (Wildman–Crippen MR) is 75.1 cm³/mol. The summed E-state index contributed by atoms with van der Waals surface area (Å²) in [7, 11) is 0. The number of unbranched alkanes of at least 4 members (excludes halogenated alkanes) is 6. The van der Waals surface area contributed by atoms with E-state index in [1.54, 1.807) is 0 Å². The fourth-order valence-corrected chi connectivity index (χ4v) is 2.69. The summed E-state index contributed by atoms with van der Waals surface area (Å²) in [5, 5.41) is 0. The Morgan fingerprint density at radius 1 is 0.882 bits per heavy atom. The van der Waals surface area contributed by atoms with Crippen molar-refractivity contribution in [1.29, 1.82) is 0 Å². The highest BCUT2D eigenvalue weighted by atomic mass is 32.2. The van der Waals surface area contributed by atoms with Crippen LogP contribution in [-0.2, 0) is 0 Å². The maximum absolute atomic E-state index is 12.7. The molecule has 96 valence electrons. The van der Waals surface area contributed by atoms with Crippen LogP contribution in [0.15, 0.2) is 29.2 Å². The average Bonchev–Trinajstić information content (AvgIpc) is 2.35. The van der Waals surface area contributed by atoms with Gasteiger partial charge in [-0.15, -0.1) is 11.8 Å². The van der Waals surface area contributed by atoms with Crippen molar-refractivity contribution in [2.75, 3.05) is 5.75 Å². The van der Waals surface area contributed by atoms with Crippen LogP contribution in [0.2, 0.25) is 0 Å². The lowest BCUT2D eigenvalue weighted by Gasteiger charge is -2.02. The van der Waals surface area contributed by atoms with Gasteiger partial charge >= 0.3 is 0 Å². The number of benzene rings is 1. The Morgan fingerprint density at radius 2 is 1.47 bits per heavy atom. The summed E-state index contributed by atoms with van der Waals surface area (Å²) >= 11 is 1.83. The number of hydrogen-bond acceptors (Lipinski definition) is 1. The van der Waals surface area contributed by atoms with Crippen LogP contribution in [0.25, 0.3) is 0 Å². The first-order valence-corrected chi connectivity index (χ1v) is 7.70. The standard InChI is InChI=1S/C15H23FS/c1-2-3-4-5-6-7-8-13-17-15-11-9-14(16)10-12-15/h9-12H,2-8,13H2,1H3. The molecule has 0 N–H and O–H groups in total. The second-order valence-electron chi connectivity index (χ2n) is 4.42. The molecule has 0 saturated carbocycles. The highest BCUT2D eigenvalue weighted by molar-refractivity contribution is 7.99. The van der Waals surface area contributed by atoms with Crippen LogP contribution in [0.5, 0.6) is 0 Å². The van der Waals surface area contributed by atoms with E-state index in [4.69, 9.17) is 0 Å². The molecule has 0 aliphatic carbocycles. The molecule has 0 amide bonds. The van der Waals surface area contributed by atoms with Crippen molar-refractivity contribution < 1.29 is 4.39 Å². The second kappa shape index (κ2) is 9.52. The van der Waals surface area contributed by atoms with Crippen LogP contribution < -0.4 is 0 Å².